The van der Waals surface area contributed by atoms with E-state index in [4.69, 9.17) is 4.74 Å². The van der Waals surface area contributed by atoms with Gasteiger partial charge in [0.2, 0.25) is 0 Å². The number of halogens is 2. The average molecular weight is 415 g/mol. The Morgan fingerprint density at radius 1 is 1.03 bits per heavy atom. The second-order valence-corrected chi connectivity index (χ2v) is 6.57. The van der Waals surface area contributed by atoms with Crippen LogP contribution in [0.2, 0.25) is 0 Å². The molecule has 2 aromatic carbocycles. The van der Waals surface area contributed by atoms with Gasteiger partial charge in [0.25, 0.3) is 11.5 Å². The van der Waals surface area contributed by atoms with E-state index in [0.29, 0.717) is 11.4 Å². The Kier molecular flexibility index (Phi) is 5.81. The molecule has 0 fully saturated rings. The molecule has 0 aliphatic rings. The summed E-state index contributed by atoms with van der Waals surface area (Å²) >= 11 is 0. The predicted molar refractivity (Wildman–Crippen MR) is 106 cm³/mol. The van der Waals surface area contributed by atoms with Crippen molar-refractivity contribution in [1.82, 2.24) is 9.36 Å². The van der Waals surface area contributed by atoms with Gasteiger partial charge in [0, 0.05) is 7.05 Å². The Balaban J connectivity index is 1.81. The summed E-state index contributed by atoms with van der Waals surface area (Å²) in [5.74, 6) is -4.33. The molecule has 156 valence electrons. The van der Waals surface area contributed by atoms with Crippen LogP contribution < -0.4 is 10.9 Å². The summed E-state index contributed by atoms with van der Waals surface area (Å²) in [7, 11) is 1.66. The van der Waals surface area contributed by atoms with E-state index in [0.717, 1.165) is 18.2 Å². The lowest BCUT2D eigenvalue weighted by Gasteiger charge is -2.13. The van der Waals surface area contributed by atoms with Gasteiger partial charge in [-0.15, -0.1) is 0 Å². The lowest BCUT2D eigenvalue weighted by Crippen LogP contribution is -2.32. The van der Waals surface area contributed by atoms with Crippen LogP contribution in [0.1, 0.15) is 23.0 Å². The molecule has 0 spiro atoms. The maximum Gasteiger partial charge on any atom is 0.344 e. The quantitative estimate of drug-likeness (QED) is 0.650. The van der Waals surface area contributed by atoms with E-state index in [1.165, 1.54) is 11.6 Å². The number of rotatable bonds is 5. The third-order valence-electron chi connectivity index (χ3n) is 4.62. The number of nitrogens with one attached hydrogen (secondary N) is 1. The van der Waals surface area contributed by atoms with Crippen LogP contribution in [0.15, 0.2) is 53.3 Å². The molecule has 1 aromatic heterocycles. The first-order valence-electron chi connectivity index (χ1n) is 9.02. The molecule has 30 heavy (non-hydrogen) atoms. The van der Waals surface area contributed by atoms with E-state index in [1.54, 1.807) is 49.0 Å². The second-order valence-electron chi connectivity index (χ2n) is 6.57. The van der Waals surface area contributed by atoms with Crippen molar-refractivity contribution < 1.29 is 23.1 Å². The van der Waals surface area contributed by atoms with Crippen LogP contribution in [0.5, 0.6) is 0 Å². The number of aromatic nitrogens is 2. The van der Waals surface area contributed by atoms with Gasteiger partial charge in [0.05, 0.1) is 11.4 Å². The number of hydrogen-bond acceptors (Lipinski definition) is 4. The molecule has 1 N–H and O–H groups in total. The van der Waals surface area contributed by atoms with Gasteiger partial charge in [-0.25, -0.2) is 18.3 Å². The Morgan fingerprint density at radius 2 is 1.63 bits per heavy atom. The van der Waals surface area contributed by atoms with Gasteiger partial charge >= 0.3 is 5.97 Å². The molecule has 1 heterocycles. The first-order valence-corrected chi connectivity index (χ1v) is 9.02. The van der Waals surface area contributed by atoms with Crippen LogP contribution in [0.25, 0.3) is 5.69 Å². The number of carbonyl (C=O) groups excluding carboxylic acids is 2. The van der Waals surface area contributed by atoms with Gasteiger partial charge in [-0.05, 0) is 38.1 Å². The lowest BCUT2D eigenvalue weighted by atomic mass is 10.2. The number of para-hydroxylation sites is 1. The molecule has 1 amide bonds. The summed E-state index contributed by atoms with van der Waals surface area (Å²) in [6.07, 6.45) is -1.40. The summed E-state index contributed by atoms with van der Waals surface area (Å²) < 4.78 is 35.3. The topological polar surface area (TPSA) is 82.3 Å². The highest BCUT2D eigenvalue weighted by molar-refractivity contribution is 5.97. The number of amides is 1. The smallest absolute Gasteiger partial charge is 0.344 e. The molecule has 1 atom stereocenters. The molecule has 0 aliphatic heterocycles. The molecule has 7 nitrogen and oxygen atoms in total. The molecule has 0 saturated heterocycles. The number of benzene rings is 2. The van der Waals surface area contributed by atoms with Crippen LogP contribution in [0, 0.1) is 18.6 Å². The van der Waals surface area contributed by atoms with Gasteiger partial charge in [0.15, 0.2) is 6.10 Å². The molecule has 0 bridgehead atoms. The standard InChI is InChI=1S/C21H19F2N3O4/c1-12-18(20(28)26(25(12)3)14-8-5-4-6-9-14)24-19(27)13(2)30-21(29)17-15(22)10-7-11-16(17)23/h4-11,13H,1-3H3,(H,24,27). The Morgan fingerprint density at radius 3 is 2.23 bits per heavy atom. The minimum absolute atomic E-state index is 0.00586. The minimum atomic E-state index is -1.40. The zero-order valence-corrected chi connectivity index (χ0v) is 16.5. The fraction of sp³-hybridized carbons (Fsp3) is 0.190. The van der Waals surface area contributed by atoms with Gasteiger partial charge in [-0.2, -0.15) is 0 Å². The van der Waals surface area contributed by atoms with Crippen molar-refractivity contribution in [3.8, 4) is 5.69 Å². The van der Waals surface area contributed by atoms with Crippen molar-refractivity contribution in [1.29, 1.82) is 0 Å². The molecular formula is C21H19F2N3O4. The highest BCUT2D eigenvalue weighted by Crippen LogP contribution is 2.16. The fourth-order valence-electron chi connectivity index (χ4n) is 2.90. The second kappa shape index (κ2) is 8.32. The largest absolute Gasteiger partial charge is 0.449 e. The maximum atomic E-state index is 13.7. The summed E-state index contributed by atoms with van der Waals surface area (Å²) in [6.45, 7) is 2.88. The van der Waals surface area contributed by atoms with Crippen molar-refractivity contribution in [2.24, 2.45) is 7.05 Å². The zero-order valence-electron chi connectivity index (χ0n) is 16.5. The minimum Gasteiger partial charge on any atom is -0.449 e. The average Bonchev–Trinajstić information content (AvgIpc) is 2.91. The van der Waals surface area contributed by atoms with E-state index in [1.807, 2.05) is 0 Å². The normalized spacial score (nSPS) is 11.8. The molecule has 0 saturated carbocycles. The van der Waals surface area contributed by atoms with Crippen molar-refractivity contribution in [3.63, 3.8) is 0 Å². The number of anilines is 1. The number of esters is 1. The summed E-state index contributed by atoms with van der Waals surface area (Å²) in [5, 5.41) is 2.44. The van der Waals surface area contributed by atoms with E-state index < -0.39 is 40.7 Å². The molecule has 3 aromatic rings. The van der Waals surface area contributed by atoms with Gasteiger partial charge in [0.1, 0.15) is 22.9 Å². The monoisotopic (exact) mass is 415 g/mol. The summed E-state index contributed by atoms with van der Waals surface area (Å²) in [5.41, 5.74) is -0.294. The van der Waals surface area contributed by atoms with Crippen LogP contribution in [0.3, 0.4) is 0 Å². The van der Waals surface area contributed by atoms with E-state index >= 15 is 0 Å². The Labute approximate surface area is 170 Å². The Bertz CT molecular complexity index is 1150. The summed E-state index contributed by atoms with van der Waals surface area (Å²) in [6, 6.07) is 11.7. The first-order chi connectivity index (χ1) is 14.2. The highest BCUT2D eigenvalue weighted by Gasteiger charge is 2.26. The molecular weight excluding hydrogens is 396 g/mol. The number of nitrogens with zero attached hydrogens (tertiary/aromatic N) is 2. The number of carbonyl (C=O) groups is 2. The first kappa shape index (κ1) is 21.0. The highest BCUT2D eigenvalue weighted by atomic mass is 19.1. The van der Waals surface area contributed by atoms with Crippen LogP contribution in [0.4, 0.5) is 14.5 Å². The van der Waals surface area contributed by atoms with Crippen LogP contribution >= 0.6 is 0 Å². The van der Waals surface area contributed by atoms with Crippen molar-refractivity contribution in [3.05, 3.63) is 81.8 Å². The lowest BCUT2D eigenvalue weighted by molar-refractivity contribution is -0.123. The van der Waals surface area contributed by atoms with Gasteiger partial charge < -0.3 is 10.1 Å². The maximum absolute atomic E-state index is 13.7. The molecule has 1 unspecified atom stereocenters. The molecule has 0 radical (unpaired) electrons. The number of ether oxygens (including phenoxy) is 1. The SMILES string of the molecule is Cc1c(NC(=O)C(C)OC(=O)c2c(F)cccc2F)c(=O)n(-c2ccccc2)n1C. The van der Waals surface area contributed by atoms with Gasteiger partial charge in [-0.3, -0.25) is 14.3 Å². The predicted octanol–water partition coefficient (Wildman–Crippen LogP) is 2.95. The third kappa shape index (κ3) is 3.86. The summed E-state index contributed by atoms with van der Waals surface area (Å²) in [4.78, 5) is 37.4. The Hall–Kier alpha value is -3.75. The van der Waals surface area contributed by atoms with Crippen LogP contribution in [-0.4, -0.2) is 27.3 Å². The third-order valence-corrected chi connectivity index (χ3v) is 4.62. The molecule has 9 heteroatoms. The van der Waals surface area contributed by atoms with Gasteiger partial charge in [-0.1, -0.05) is 24.3 Å². The fourth-order valence-corrected chi connectivity index (χ4v) is 2.90. The van der Waals surface area contributed by atoms with E-state index in [2.05, 4.69) is 5.32 Å². The zero-order chi connectivity index (χ0) is 22.0. The van der Waals surface area contributed by atoms with E-state index in [-0.39, 0.29) is 5.69 Å². The van der Waals surface area contributed by atoms with E-state index in [9.17, 15) is 23.2 Å². The number of hydrogen-bond donors (Lipinski definition) is 1. The van der Waals surface area contributed by atoms with Crippen LogP contribution in [-0.2, 0) is 16.6 Å². The molecule has 3 rings (SSSR count). The van der Waals surface area contributed by atoms with Crippen molar-refractivity contribution >= 4 is 17.6 Å². The van der Waals surface area contributed by atoms with Crippen molar-refractivity contribution in [2.75, 3.05) is 5.32 Å². The van der Waals surface area contributed by atoms with Crippen molar-refractivity contribution in [2.45, 2.75) is 20.0 Å². The molecule has 0 aliphatic carbocycles.